The first-order valence-corrected chi connectivity index (χ1v) is 7.76. The van der Waals surface area contributed by atoms with Crippen LogP contribution in [0, 0.1) is 10.1 Å². The van der Waals surface area contributed by atoms with E-state index in [1.54, 1.807) is 37.3 Å². The molecule has 10 nitrogen and oxygen atoms in total. The Morgan fingerprint density at radius 2 is 1.92 bits per heavy atom. The number of para-hydroxylation sites is 2. The number of fused-ring (bicyclic) bond motifs is 1. The number of hydrogen-bond donors (Lipinski definition) is 3. The van der Waals surface area contributed by atoms with Crippen LogP contribution >= 0.6 is 0 Å². The fourth-order valence-electron chi connectivity index (χ4n) is 2.23. The highest BCUT2D eigenvalue weighted by atomic mass is 16.6. The molecule has 0 saturated heterocycles. The molecule has 1 aromatic carbocycles. The summed E-state index contributed by atoms with van der Waals surface area (Å²) < 4.78 is 0. The zero-order valence-corrected chi connectivity index (χ0v) is 13.8. The lowest BCUT2D eigenvalue weighted by Crippen LogP contribution is -2.28. The minimum Gasteiger partial charge on any atom is -0.338 e. The van der Waals surface area contributed by atoms with Gasteiger partial charge in [-0.05, 0) is 25.1 Å². The molecule has 2 heterocycles. The largest absolute Gasteiger partial charge is 0.338 e. The fourth-order valence-corrected chi connectivity index (χ4v) is 2.23. The van der Waals surface area contributed by atoms with Gasteiger partial charge in [0.2, 0.25) is 0 Å². The zero-order valence-electron chi connectivity index (χ0n) is 13.8. The van der Waals surface area contributed by atoms with Crippen LogP contribution in [-0.2, 0) is 0 Å². The summed E-state index contributed by atoms with van der Waals surface area (Å²) in [6, 6.07) is 9.13. The molecular formula is C16H15N7O3. The number of rotatable bonds is 5. The van der Waals surface area contributed by atoms with E-state index in [4.69, 9.17) is 0 Å². The Bertz CT molecular complexity index is 977. The van der Waals surface area contributed by atoms with Gasteiger partial charge in [0.15, 0.2) is 11.5 Å². The average Bonchev–Trinajstić information content (AvgIpc) is 2.62. The average molecular weight is 353 g/mol. The molecule has 0 spiro atoms. The molecule has 10 heteroatoms. The van der Waals surface area contributed by atoms with Crippen molar-refractivity contribution >= 4 is 40.2 Å². The smallest absolute Gasteiger partial charge is 0.320 e. The van der Waals surface area contributed by atoms with Crippen molar-refractivity contribution in [3.05, 3.63) is 52.7 Å². The maximum atomic E-state index is 11.6. The van der Waals surface area contributed by atoms with E-state index in [-0.39, 0.29) is 11.7 Å². The van der Waals surface area contributed by atoms with Crippen molar-refractivity contribution in [2.45, 2.75) is 6.92 Å². The molecule has 0 bridgehead atoms. The summed E-state index contributed by atoms with van der Waals surface area (Å²) in [7, 11) is 0. The molecule has 0 aliphatic heterocycles. The minimum absolute atomic E-state index is 0.0750. The molecule has 0 aliphatic rings. The second kappa shape index (κ2) is 7.38. The first-order valence-electron chi connectivity index (χ1n) is 7.76. The van der Waals surface area contributed by atoms with Crippen molar-refractivity contribution in [2.75, 3.05) is 17.2 Å². The lowest BCUT2D eigenvalue weighted by atomic mass is 10.2. The third-order valence-electron chi connectivity index (χ3n) is 3.35. The van der Waals surface area contributed by atoms with E-state index in [0.29, 0.717) is 35.0 Å². The van der Waals surface area contributed by atoms with Gasteiger partial charge in [-0.2, -0.15) is 0 Å². The van der Waals surface area contributed by atoms with E-state index in [0.717, 1.165) is 0 Å². The van der Waals surface area contributed by atoms with Gasteiger partial charge in [0, 0.05) is 12.6 Å². The van der Waals surface area contributed by atoms with Gasteiger partial charge in [-0.25, -0.2) is 19.7 Å². The van der Waals surface area contributed by atoms with E-state index < -0.39 is 4.92 Å². The Hall–Kier alpha value is -3.82. The Morgan fingerprint density at radius 3 is 2.69 bits per heavy atom. The third kappa shape index (κ3) is 3.80. The Labute approximate surface area is 147 Å². The molecule has 0 atom stereocenters. The van der Waals surface area contributed by atoms with Crippen LogP contribution in [0.5, 0.6) is 0 Å². The number of pyridine rings is 1. The first-order chi connectivity index (χ1) is 12.6. The lowest BCUT2D eigenvalue weighted by Gasteiger charge is -2.08. The van der Waals surface area contributed by atoms with Gasteiger partial charge in [0.1, 0.15) is 17.0 Å². The SMILES string of the molecule is CCNC(=O)Nc1ccc2ncc(Nc3ccccc3[N+](=O)[O-])nc2n1. The van der Waals surface area contributed by atoms with Gasteiger partial charge >= 0.3 is 6.03 Å². The first kappa shape index (κ1) is 17.0. The van der Waals surface area contributed by atoms with Crippen LogP contribution in [0.4, 0.5) is 27.8 Å². The predicted molar refractivity (Wildman–Crippen MR) is 96.4 cm³/mol. The summed E-state index contributed by atoms with van der Waals surface area (Å²) in [5, 5.41) is 19.2. The van der Waals surface area contributed by atoms with Crippen LogP contribution in [0.25, 0.3) is 11.2 Å². The van der Waals surface area contributed by atoms with Crippen LogP contribution in [0.3, 0.4) is 0 Å². The molecule has 0 radical (unpaired) electrons. The highest BCUT2D eigenvalue weighted by molar-refractivity contribution is 5.89. The van der Waals surface area contributed by atoms with Crippen LogP contribution in [0.15, 0.2) is 42.6 Å². The number of carbonyl (C=O) groups excluding carboxylic acids is 1. The van der Waals surface area contributed by atoms with Crippen LogP contribution in [-0.4, -0.2) is 32.5 Å². The maximum absolute atomic E-state index is 11.6. The van der Waals surface area contributed by atoms with E-state index in [1.165, 1.54) is 12.3 Å². The number of aromatic nitrogens is 3. The summed E-state index contributed by atoms with van der Waals surface area (Å²) in [5.41, 5.74) is 1.04. The van der Waals surface area contributed by atoms with Crippen molar-refractivity contribution in [3.63, 3.8) is 0 Å². The summed E-state index contributed by atoms with van der Waals surface area (Å²) in [4.78, 5) is 35.0. The molecule has 2 amide bonds. The molecule has 0 saturated carbocycles. The number of nitrogens with zero attached hydrogens (tertiary/aromatic N) is 4. The number of nitro groups is 1. The van der Waals surface area contributed by atoms with Gasteiger partial charge < -0.3 is 10.6 Å². The van der Waals surface area contributed by atoms with Gasteiger partial charge in [0.25, 0.3) is 5.69 Å². The molecule has 0 aliphatic carbocycles. The van der Waals surface area contributed by atoms with Crippen LogP contribution in [0.2, 0.25) is 0 Å². The standard InChI is InChI=1S/C16H15N7O3/c1-2-17-16(24)22-13-8-7-11-15(20-13)21-14(9-18-11)19-10-5-3-4-6-12(10)23(25)26/h3-9H,2H2,1H3,(H3,17,19,20,21,22,24). The normalized spacial score (nSPS) is 10.3. The maximum Gasteiger partial charge on any atom is 0.320 e. The molecule has 26 heavy (non-hydrogen) atoms. The topological polar surface area (TPSA) is 135 Å². The molecule has 0 unspecified atom stereocenters. The summed E-state index contributed by atoms with van der Waals surface area (Å²) >= 11 is 0. The minimum atomic E-state index is -0.483. The van der Waals surface area contributed by atoms with E-state index in [1.807, 2.05) is 0 Å². The summed E-state index contributed by atoms with van der Waals surface area (Å²) in [6.07, 6.45) is 1.46. The van der Waals surface area contributed by atoms with Crippen molar-refractivity contribution in [1.29, 1.82) is 0 Å². The van der Waals surface area contributed by atoms with Crippen molar-refractivity contribution in [3.8, 4) is 0 Å². The molecule has 2 aromatic heterocycles. The lowest BCUT2D eigenvalue weighted by molar-refractivity contribution is -0.383. The van der Waals surface area contributed by atoms with Crippen LogP contribution < -0.4 is 16.0 Å². The number of carbonyl (C=O) groups is 1. The second-order valence-electron chi connectivity index (χ2n) is 5.18. The molecule has 3 aromatic rings. The van der Waals surface area contributed by atoms with E-state index in [2.05, 4.69) is 30.9 Å². The number of nitro benzene ring substituents is 1. The number of anilines is 3. The third-order valence-corrected chi connectivity index (χ3v) is 3.35. The van der Waals surface area contributed by atoms with Crippen molar-refractivity contribution in [1.82, 2.24) is 20.3 Å². The van der Waals surface area contributed by atoms with Gasteiger partial charge in [-0.15, -0.1) is 0 Å². The van der Waals surface area contributed by atoms with E-state index >= 15 is 0 Å². The summed E-state index contributed by atoms with van der Waals surface area (Å²) in [6.45, 7) is 2.29. The highest BCUT2D eigenvalue weighted by Gasteiger charge is 2.13. The van der Waals surface area contributed by atoms with Gasteiger partial charge in [-0.3, -0.25) is 15.4 Å². The predicted octanol–water partition coefficient (Wildman–Crippen LogP) is 2.82. The highest BCUT2D eigenvalue weighted by Crippen LogP contribution is 2.26. The Kier molecular flexibility index (Phi) is 4.83. The van der Waals surface area contributed by atoms with Gasteiger partial charge in [-0.1, -0.05) is 12.1 Å². The van der Waals surface area contributed by atoms with E-state index in [9.17, 15) is 14.9 Å². The molecule has 3 N–H and O–H groups in total. The van der Waals surface area contributed by atoms with Crippen LogP contribution in [0.1, 0.15) is 6.92 Å². The second-order valence-corrected chi connectivity index (χ2v) is 5.18. The van der Waals surface area contributed by atoms with Gasteiger partial charge in [0.05, 0.1) is 11.1 Å². The number of nitrogens with one attached hydrogen (secondary N) is 3. The summed E-state index contributed by atoms with van der Waals surface area (Å²) in [5.74, 6) is 0.620. The number of hydrogen-bond acceptors (Lipinski definition) is 7. The number of benzene rings is 1. The quantitative estimate of drug-likeness (QED) is 0.474. The number of amides is 2. The number of urea groups is 1. The zero-order chi connectivity index (χ0) is 18.5. The van der Waals surface area contributed by atoms with Crippen molar-refractivity contribution in [2.24, 2.45) is 0 Å². The molecule has 3 rings (SSSR count). The molecule has 0 fully saturated rings. The molecular weight excluding hydrogens is 338 g/mol. The Morgan fingerprint density at radius 1 is 1.15 bits per heavy atom. The van der Waals surface area contributed by atoms with Crippen molar-refractivity contribution < 1.29 is 9.72 Å². The Balaban J connectivity index is 1.88. The molecule has 132 valence electrons. The monoisotopic (exact) mass is 353 g/mol. The fraction of sp³-hybridized carbons (Fsp3) is 0.125.